The third kappa shape index (κ3) is 3.45. The van der Waals surface area contributed by atoms with Gasteiger partial charge in [0.25, 0.3) is 0 Å². The highest BCUT2D eigenvalue weighted by Gasteiger charge is 2.07. The van der Waals surface area contributed by atoms with E-state index in [0.29, 0.717) is 13.1 Å². The topological polar surface area (TPSA) is 81.1 Å². The Hall–Kier alpha value is -1.20. The summed E-state index contributed by atoms with van der Waals surface area (Å²) in [6.45, 7) is 6.59. The lowest BCUT2D eigenvalue weighted by molar-refractivity contribution is 0.762. The highest BCUT2D eigenvalue weighted by atomic mass is 15.2. The molecule has 0 amide bonds. The summed E-state index contributed by atoms with van der Waals surface area (Å²) >= 11 is 0. The number of aromatic nitrogens is 2. The van der Waals surface area contributed by atoms with Gasteiger partial charge in [-0.25, -0.2) is 9.97 Å². The first-order chi connectivity index (χ1) is 7.17. The van der Waals surface area contributed by atoms with E-state index in [1.165, 1.54) is 0 Å². The third-order valence-electron chi connectivity index (χ3n) is 2.07. The molecule has 0 spiro atoms. The summed E-state index contributed by atoms with van der Waals surface area (Å²) < 4.78 is 0. The van der Waals surface area contributed by atoms with E-state index in [4.69, 9.17) is 11.5 Å². The van der Waals surface area contributed by atoms with Crippen molar-refractivity contribution in [2.45, 2.75) is 13.8 Å². The quantitative estimate of drug-likeness (QED) is 0.703. The molecular weight excluding hydrogens is 190 g/mol. The van der Waals surface area contributed by atoms with Gasteiger partial charge in [0.05, 0.1) is 0 Å². The Morgan fingerprint density at radius 2 is 1.73 bits per heavy atom. The van der Waals surface area contributed by atoms with Crippen molar-refractivity contribution in [1.82, 2.24) is 9.97 Å². The van der Waals surface area contributed by atoms with Crippen LogP contribution in [0.4, 0.5) is 5.82 Å². The molecule has 0 saturated carbocycles. The summed E-state index contributed by atoms with van der Waals surface area (Å²) in [4.78, 5) is 10.7. The Morgan fingerprint density at radius 1 is 1.13 bits per heavy atom. The number of nitrogens with zero attached hydrogens (tertiary/aromatic N) is 3. The van der Waals surface area contributed by atoms with Crippen LogP contribution in [-0.4, -0.2) is 36.1 Å². The largest absolute Gasteiger partial charge is 0.354 e. The minimum atomic E-state index is 0.599. The monoisotopic (exact) mass is 209 g/mol. The van der Waals surface area contributed by atoms with Crippen molar-refractivity contribution in [3.05, 3.63) is 17.6 Å². The average Bonchev–Trinajstić information content (AvgIpc) is 2.16. The first-order valence-electron chi connectivity index (χ1n) is 5.14. The van der Waals surface area contributed by atoms with Crippen molar-refractivity contribution in [3.8, 4) is 0 Å². The second kappa shape index (κ2) is 5.63. The van der Waals surface area contributed by atoms with E-state index in [9.17, 15) is 0 Å². The number of anilines is 1. The van der Waals surface area contributed by atoms with E-state index >= 15 is 0 Å². The zero-order chi connectivity index (χ0) is 11.3. The van der Waals surface area contributed by atoms with E-state index in [2.05, 4.69) is 14.9 Å². The van der Waals surface area contributed by atoms with Crippen molar-refractivity contribution in [2.75, 3.05) is 31.1 Å². The van der Waals surface area contributed by atoms with E-state index in [-0.39, 0.29) is 0 Å². The standard InChI is InChI=1S/C10H19N5/c1-8-7-10(14-9(2)13-8)15(5-3-11)6-4-12/h7H,3-6,11-12H2,1-2H3. The predicted molar refractivity (Wildman–Crippen MR) is 61.8 cm³/mol. The molecule has 0 unspecified atom stereocenters. The Kier molecular flexibility index (Phi) is 4.45. The molecule has 4 N–H and O–H groups in total. The molecule has 84 valence electrons. The Balaban J connectivity index is 2.88. The molecule has 0 aliphatic heterocycles. The van der Waals surface area contributed by atoms with Gasteiger partial charge < -0.3 is 16.4 Å². The molecule has 1 aromatic heterocycles. The second-order valence-corrected chi connectivity index (χ2v) is 3.48. The first kappa shape index (κ1) is 11.9. The number of hydrogen-bond donors (Lipinski definition) is 2. The van der Waals surface area contributed by atoms with Crippen LogP contribution in [0.3, 0.4) is 0 Å². The van der Waals surface area contributed by atoms with E-state index in [0.717, 1.165) is 30.4 Å². The van der Waals surface area contributed by atoms with Gasteiger partial charge in [-0.1, -0.05) is 0 Å². The molecule has 0 aliphatic rings. The highest BCUT2D eigenvalue weighted by molar-refractivity contribution is 5.39. The van der Waals surface area contributed by atoms with Crippen LogP contribution < -0.4 is 16.4 Å². The smallest absolute Gasteiger partial charge is 0.132 e. The van der Waals surface area contributed by atoms with Gasteiger partial charge in [0.15, 0.2) is 0 Å². The molecule has 0 aliphatic carbocycles. The molecule has 1 rings (SSSR count). The minimum absolute atomic E-state index is 0.599. The molecule has 1 heterocycles. The van der Waals surface area contributed by atoms with Gasteiger partial charge in [0.2, 0.25) is 0 Å². The molecule has 0 bridgehead atoms. The fourth-order valence-corrected chi connectivity index (χ4v) is 1.51. The van der Waals surface area contributed by atoms with Gasteiger partial charge in [0, 0.05) is 37.9 Å². The van der Waals surface area contributed by atoms with Gasteiger partial charge in [-0.2, -0.15) is 0 Å². The minimum Gasteiger partial charge on any atom is -0.354 e. The van der Waals surface area contributed by atoms with Crippen LogP contribution >= 0.6 is 0 Å². The molecular formula is C10H19N5. The van der Waals surface area contributed by atoms with Gasteiger partial charge in [-0.05, 0) is 13.8 Å². The highest BCUT2D eigenvalue weighted by Crippen LogP contribution is 2.11. The van der Waals surface area contributed by atoms with Crippen molar-refractivity contribution < 1.29 is 0 Å². The Labute approximate surface area is 90.5 Å². The number of nitrogens with two attached hydrogens (primary N) is 2. The molecule has 1 aromatic rings. The van der Waals surface area contributed by atoms with Crippen molar-refractivity contribution in [1.29, 1.82) is 0 Å². The lowest BCUT2D eigenvalue weighted by Gasteiger charge is -2.22. The third-order valence-corrected chi connectivity index (χ3v) is 2.07. The maximum atomic E-state index is 5.55. The van der Waals surface area contributed by atoms with Gasteiger partial charge in [0.1, 0.15) is 11.6 Å². The lowest BCUT2D eigenvalue weighted by atomic mass is 10.3. The van der Waals surface area contributed by atoms with Crippen LogP contribution in [0.25, 0.3) is 0 Å². The number of aryl methyl sites for hydroxylation is 2. The van der Waals surface area contributed by atoms with E-state index in [1.807, 2.05) is 19.9 Å². The SMILES string of the molecule is Cc1cc(N(CCN)CCN)nc(C)n1. The maximum absolute atomic E-state index is 5.55. The van der Waals surface area contributed by atoms with Gasteiger partial charge in [-0.15, -0.1) is 0 Å². The molecule has 0 atom stereocenters. The summed E-state index contributed by atoms with van der Waals surface area (Å²) in [6.07, 6.45) is 0. The normalized spacial score (nSPS) is 10.4. The first-order valence-corrected chi connectivity index (χ1v) is 5.14. The van der Waals surface area contributed by atoms with Crippen LogP contribution in [0.2, 0.25) is 0 Å². The Bertz CT molecular complexity index is 286. The van der Waals surface area contributed by atoms with Crippen molar-refractivity contribution >= 4 is 5.82 Å². The fourth-order valence-electron chi connectivity index (χ4n) is 1.51. The molecule has 0 radical (unpaired) electrons. The average molecular weight is 209 g/mol. The van der Waals surface area contributed by atoms with Crippen molar-refractivity contribution in [3.63, 3.8) is 0 Å². The van der Waals surface area contributed by atoms with E-state index < -0.39 is 0 Å². The van der Waals surface area contributed by atoms with Gasteiger partial charge >= 0.3 is 0 Å². The molecule has 0 fully saturated rings. The second-order valence-electron chi connectivity index (χ2n) is 3.48. The number of rotatable bonds is 5. The van der Waals surface area contributed by atoms with Crippen LogP contribution in [0.1, 0.15) is 11.5 Å². The van der Waals surface area contributed by atoms with Crippen LogP contribution in [0.5, 0.6) is 0 Å². The summed E-state index contributed by atoms with van der Waals surface area (Å²) in [5.74, 6) is 1.69. The zero-order valence-corrected chi connectivity index (χ0v) is 9.40. The summed E-state index contributed by atoms with van der Waals surface area (Å²) in [5, 5.41) is 0. The Morgan fingerprint density at radius 3 is 2.20 bits per heavy atom. The molecule has 15 heavy (non-hydrogen) atoms. The summed E-state index contributed by atoms with van der Waals surface area (Å²) in [6, 6.07) is 1.96. The summed E-state index contributed by atoms with van der Waals surface area (Å²) in [7, 11) is 0. The molecule has 5 nitrogen and oxygen atoms in total. The predicted octanol–water partition coefficient (Wildman–Crippen LogP) is -0.183. The van der Waals surface area contributed by atoms with Gasteiger partial charge in [-0.3, -0.25) is 0 Å². The molecule has 5 heteroatoms. The lowest BCUT2D eigenvalue weighted by Crippen LogP contribution is -2.34. The zero-order valence-electron chi connectivity index (χ0n) is 9.40. The fraction of sp³-hybridized carbons (Fsp3) is 0.600. The van der Waals surface area contributed by atoms with Crippen LogP contribution in [-0.2, 0) is 0 Å². The molecule has 0 aromatic carbocycles. The van der Waals surface area contributed by atoms with E-state index in [1.54, 1.807) is 0 Å². The summed E-state index contributed by atoms with van der Waals surface area (Å²) in [5.41, 5.74) is 12.1. The van der Waals surface area contributed by atoms with Crippen molar-refractivity contribution in [2.24, 2.45) is 11.5 Å². The maximum Gasteiger partial charge on any atom is 0.132 e. The van der Waals surface area contributed by atoms with Crippen LogP contribution in [0, 0.1) is 13.8 Å². The van der Waals surface area contributed by atoms with Crippen LogP contribution in [0.15, 0.2) is 6.07 Å². The molecule has 0 saturated heterocycles. The number of hydrogen-bond acceptors (Lipinski definition) is 5.